The SMILES string of the molecule is COc1cc(C(=O)c2c(C)cc(C)cc2OC)ccc1F. The van der Waals surface area contributed by atoms with E-state index in [1.807, 2.05) is 19.9 Å². The zero-order chi connectivity index (χ0) is 15.6. The predicted molar refractivity (Wildman–Crippen MR) is 78.9 cm³/mol. The number of halogens is 1. The van der Waals surface area contributed by atoms with Gasteiger partial charge in [0.05, 0.1) is 19.8 Å². The number of hydrogen-bond donors (Lipinski definition) is 0. The van der Waals surface area contributed by atoms with Gasteiger partial charge in [-0.15, -0.1) is 0 Å². The van der Waals surface area contributed by atoms with Crippen molar-refractivity contribution in [3.8, 4) is 11.5 Å². The molecule has 0 aliphatic heterocycles. The molecule has 2 rings (SSSR count). The lowest BCUT2D eigenvalue weighted by molar-refractivity contribution is 0.103. The van der Waals surface area contributed by atoms with E-state index in [9.17, 15) is 9.18 Å². The number of carbonyl (C=O) groups excluding carboxylic acids is 1. The van der Waals surface area contributed by atoms with Crippen LogP contribution in [0.2, 0.25) is 0 Å². The van der Waals surface area contributed by atoms with Gasteiger partial charge in [-0.25, -0.2) is 4.39 Å². The molecule has 0 bridgehead atoms. The molecule has 21 heavy (non-hydrogen) atoms. The summed E-state index contributed by atoms with van der Waals surface area (Å²) in [6, 6.07) is 7.79. The summed E-state index contributed by atoms with van der Waals surface area (Å²) >= 11 is 0. The second kappa shape index (κ2) is 5.95. The highest BCUT2D eigenvalue weighted by Crippen LogP contribution is 2.28. The van der Waals surface area contributed by atoms with Crippen LogP contribution in [-0.2, 0) is 0 Å². The van der Waals surface area contributed by atoms with Crippen LogP contribution in [-0.4, -0.2) is 20.0 Å². The van der Waals surface area contributed by atoms with E-state index < -0.39 is 5.82 Å². The molecule has 0 saturated heterocycles. The summed E-state index contributed by atoms with van der Waals surface area (Å²) in [6.07, 6.45) is 0. The van der Waals surface area contributed by atoms with Crippen LogP contribution in [0.4, 0.5) is 4.39 Å². The minimum absolute atomic E-state index is 0.0459. The molecule has 0 atom stereocenters. The Bertz CT molecular complexity index is 693. The van der Waals surface area contributed by atoms with E-state index in [1.54, 1.807) is 6.07 Å². The molecule has 0 saturated carbocycles. The Kier molecular flexibility index (Phi) is 4.26. The molecule has 0 spiro atoms. The second-order valence-electron chi connectivity index (χ2n) is 4.84. The highest BCUT2D eigenvalue weighted by Gasteiger charge is 2.19. The van der Waals surface area contributed by atoms with Gasteiger partial charge in [-0.05, 0) is 49.2 Å². The normalized spacial score (nSPS) is 10.3. The maximum absolute atomic E-state index is 13.5. The first-order valence-electron chi connectivity index (χ1n) is 6.51. The molecule has 0 N–H and O–H groups in total. The Morgan fingerprint density at radius 2 is 1.67 bits per heavy atom. The van der Waals surface area contributed by atoms with E-state index >= 15 is 0 Å². The number of ketones is 1. The van der Waals surface area contributed by atoms with Gasteiger partial charge in [0.15, 0.2) is 17.3 Å². The van der Waals surface area contributed by atoms with E-state index in [2.05, 4.69) is 0 Å². The minimum atomic E-state index is -0.498. The minimum Gasteiger partial charge on any atom is -0.496 e. The number of rotatable bonds is 4. The number of aryl methyl sites for hydroxylation is 2. The van der Waals surface area contributed by atoms with Crippen molar-refractivity contribution in [2.24, 2.45) is 0 Å². The molecule has 110 valence electrons. The topological polar surface area (TPSA) is 35.5 Å². The lowest BCUT2D eigenvalue weighted by Gasteiger charge is -2.13. The van der Waals surface area contributed by atoms with Gasteiger partial charge in [-0.2, -0.15) is 0 Å². The molecule has 0 aliphatic rings. The Morgan fingerprint density at radius 1 is 1.00 bits per heavy atom. The molecule has 0 amide bonds. The Labute approximate surface area is 123 Å². The third-order valence-electron chi connectivity index (χ3n) is 3.30. The van der Waals surface area contributed by atoms with E-state index in [-0.39, 0.29) is 11.5 Å². The number of ether oxygens (including phenoxy) is 2. The summed E-state index contributed by atoms with van der Waals surface area (Å²) in [7, 11) is 2.89. The van der Waals surface area contributed by atoms with Gasteiger partial charge in [0.25, 0.3) is 0 Å². The van der Waals surface area contributed by atoms with Crippen LogP contribution in [0, 0.1) is 19.7 Å². The van der Waals surface area contributed by atoms with Crippen LogP contribution in [0.1, 0.15) is 27.0 Å². The zero-order valence-corrected chi connectivity index (χ0v) is 12.5. The fourth-order valence-corrected chi connectivity index (χ4v) is 2.33. The maximum atomic E-state index is 13.5. The van der Waals surface area contributed by atoms with Gasteiger partial charge in [-0.1, -0.05) is 6.07 Å². The van der Waals surface area contributed by atoms with Gasteiger partial charge in [-0.3, -0.25) is 4.79 Å². The van der Waals surface area contributed by atoms with Crippen molar-refractivity contribution in [1.29, 1.82) is 0 Å². The van der Waals surface area contributed by atoms with Crippen LogP contribution in [0.3, 0.4) is 0 Å². The zero-order valence-electron chi connectivity index (χ0n) is 12.5. The lowest BCUT2D eigenvalue weighted by Crippen LogP contribution is -2.07. The monoisotopic (exact) mass is 288 g/mol. The predicted octanol–water partition coefficient (Wildman–Crippen LogP) is 3.69. The number of methoxy groups -OCH3 is 2. The maximum Gasteiger partial charge on any atom is 0.197 e. The largest absolute Gasteiger partial charge is 0.496 e. The molecule has 0 aliphatic carbocycles. The fraction of sp³-hybridized carbons (Fsp3) is 0.235. The quantitative estimate of drug-likeness (QED) is 0.805. The molecule has 0 aromatic heterocycles. The Balaban J connectivity index is 2.55. The van der Waals surface area contributed by atoms with Crippen LogP contribution in [0.5, 0.6) is 11.5 Å². The van der Waals surface area contributed by atoms with Crippen LogP contribution < -0.4 is 9.47 Å². The second-order valence-corrected chi connectivity index (χ2v) is 4.84. The fourth-order valence-electron chi connectivity index (χ4n) is 2.33. The summed E-state index contributed by atoms with van der Waals surface area (Å²) in [4.78, 5) is 12.7. The van der Waals surface area contributed by atoms with Gasteiger partial charge in [0.1, 0.15) is 5.75 Å². The molecule has 0 unspecified atom stereocenters. The number of hydrogen-bond acceptors (Lipinski definition) is 3. The average molecular weight is 288 g/mol. The van der Waals surface area contributed by atoms with E-state index in [1.165, 1.54) is 32.4 Å². The van der Waals surface area contributed by atoms with Crippen LogP contribution >= 0.6 is 0 Å². The highest BCUT2D eigenvalue weighted by atomic mass is 19.1. The van der Waals surface area contributed by atoms with Crippen molar-refractivity contribution in [3.05, 3.63) is 58.4 Å². The van der Waals surface area contributed by atoms with Gasteiger partial charge in [0, 0.05) is 5.56 Å². The summed E-state index contributed by atoms with van der Waals surface area (Å²) in [5.41, 5.74) is 2.67. The van der Waals surface area contributed by atoms with E-state index in [0.29, 0.717) is 16.9 Å². The number of carbonyl (C=O) groups is 1. The summed E-state index contributed by atoms with van der Waals surface area (Å²) in [5, 5.41) is 0. The third kappa shape index (κ3) is 2.89. The molecule has 3 nitrogen and oxygen atoms in total. The smallest absolute Gasteiger partial charge is 0.197 e. The number of benzene rings is 2. The van der Waals surface area contributed by atoms with Gasteiger partial charge in [0.2, 0.25) is 0 Å². The molecule has 2 aromatic rings. The molecule has 4 heteroatoms. The first kappa shape index (κ1) is 15.0. The van der Waals surface area contributed by atoms with Crippen LogP contribution in [0.15, 0.2) is 30.3 Å². The summed E-state index contributed by atoms with van der Waals surface area (Å²) in [6.45, 7) is 3.79. The molecule has 0 fully saturated rings. The van der Waals surface area contributed by atoms with Crippen molar-refractivity contribution in [2.45, 2.75) is 13.8 Å². The van der Waals surface area contributed by atoms with E-state index in [4.69, 9.17) is 9.47 Å². The third-order valence-corrected chi connectivity index (χ3v) is 3.30. The van der Waals surface area contributed by atoms with Crippen molar-refractivity contribution in [2.75, 3.05) is 14.2 Å². The lowest BCUT2D eigenvalue weighted by atomic mass is 9.96. The van der Waals surface area contributed by atoms with Crippen LogP contribution in [0.25, 0.3) is 0 Å². The highest BCUT2D eigenvalue weighted by molar-refractivity contribution is 6.11. The molecule has 0 radical (unpaired) electrons. The summed E-state index contributed by atoms with van der Waals surface area (Å²) < 4.78 is 23.7. The van der Waals surface area contributed by atoms with Gasteiger partial charge >= 0.3 is 0 Å². The molecule has 2 aromatic carbocycles. The summed E-state index contributed by atoms with van der Waals surface area (Å²) in [5.74, 6) is -0.158. The van der Waals surface area contributed by atoms with E-state index in [0.717, 1.165) is 11.1 Å². The standard InChI is InChI=1S/C17H17FO3/c1-10-7-11(2)16(15(8-10)21-4)17(19)12-5-6-13(18)14(9-12)20-3/h5-9H,1-4H3. The molecular weight excluding hydrogens is 271 g/mol. The van der Waals surface area contributed by atoms with Crippen molar-refractivity contribution in [3.63, 3.8) is 0 Å². The Hall–Kier alpha value is -2.36. The molecule has 0 heterocycles. The Morgan fingerprint density at radius 3 is 2.29 bits per heavy atom. The van der Waals surface area contributed by atoms with Crippen molar-refractivity contribution >= 4 is 5.78 Å². The first-order valence-corrected chi connectivity index (χ1v) is 6.51. The molecular formula is C17H17FO3. The van der Waals surface area contributed by atoms with Crippen molar-refractivity contribution in [1.82, 2.24) is 0 Å². The van der Waals surface area contributed by atoms with Crippen molar-refractivity contribution < 1.29 is 18.7 Å². The average Bonchev–Trinajstić information content (AvgIpc) is 2.46. The first-order chi connectivity index (χ1) is 9.97. The van der Waals surface area contributed by atoms with Gasteiger partial charge < -0.3 is 9.47 Å².